The average Bonchev–Trinajstić information content (AvgIpc) is 3.29. The van der Waals surface area contributed by atoms with Gasteiger partial charge in [-0.15, -0.1) is 0 Å². The maximum Gasteiger partial charge on any atom is 0.187 e. The highest BCUT2D eigenvalue weighted by molar-refractivity contribution is 8.24. The van der Waals surface area contributed by atoms with Gasteiger partial charge in [-0.05, 0) is 57.6 Å². The normalized spacial score (nSPS) is 12.4. The molecule has 0 unspecified atom stereocenters. The minimum Gasteiger partial charge on any atom is -0.354 e. The minimum atomic E-state index is -2.86. The zero-order valence-corrected chi connectivity index (χ0v) is 20.2. The number of aromatic nitrogens is 3. The summed E-state index contributed by atoms with van der Waals surface area (Å²) in [6.07, 6.45) is 1.64. The third-order valence-electron chi connectivity index (χ3n) is 5.54. The zero-order valence-electron chi connectivity index (χ0n) is 19.4. The Bertz CT molecular complexity index is 1310. The summed E-state index contributed by atoms with van der Waals surface area (Å²) in [4.78, 5) is 9.61. The van der Waals surface area contributed by atoms with Crippen LogP contribution in [0, 0.1) is 12.7 Å². The largest absolute Gasteiger partial charge is 0.354 e. The fourth-order valence-electron chi connectivity index (χ4n) is 3.51. The first-order valence-corrected chi connectivity index (χ1v) is 12.4. The van der Waals surface area contributed by atoms with E-state index in [0.717, 1.165) is 11.1 Å². The second-order valence-corrected chi connectivity index (χ2v) is 10.9. The third-order valence-corrected chi connectivity index (χ3v) is 7.82. The Labute approximate surface area is 199 Å². The smallest absolute Gasteiger partial charge is 0.187 e. The molecule has 0 aliphatic rings. The van der Waals surface area contributed by atoms with Crippen molar-refractivity contribution in [2.24, 2.45) is 0 Å². The Hall–Kier alpha value is -3.11. The molecule has 7 nitrogen and oxygen atoms in total. The van der Waals surface area contributed by atoms with Crippen LogP contribution in [0.4, 0.5) is 4.39 Å². The first kappa shape index (κ1) is 24.0. The Balaban J connectivity index is 1.65. The lowest BCUT2D eigenvalue weighted by Crippen LogP contribution is -2.10. The molecule has 0 aliphatic heterocycles. The molecule has 0 radical (unpaired) electrons. The van der Waals surface area contributed by atoms with Gasteiger partial charge in [-0.2, -0.15) is 10.6 Å². The SMILES string of the molecule is CNCc1ccc(-c2cc(-c3nc(-c4ccc(S(O)(O)C(C)C)cc4)cnc3C)on2)c(F)c1. The standard InChI is InChI=1S/C25H27FN4O3S/c1-15(2)34(31,32)19-8-6-18(7-9-19)23-14-28-16(3)25(29-23)24-12-22(30-33-24)20-10-5-17(13-27-4)11-21(20)26/h5-12,14-15,27,31-32H,13H2,1-4H3. The maximum atomic E-state index is 14.6. The van der Waals surface area contributed by atoms with Gasteiger partial charge >= 0.3 is 0 Å². The first-order valence-electron chi connectivity index (χ1n) is 10.8. The van der Waals surface area contributed by atoms with Crippen LogP contribution in [0.1, 0.15) is 25.1 Å². The molecule has 0 fully saturated rings. The van der Waals surface area contributed by atoms with E-state index in [1.807, 2.05) is 13.0 Å². The number of hydrogen-bond acceptors (Lipinski definition) is 7. The van der Waals surface area contributed by atoms with E-state index in [1.165, 1.54) is 6.07 Å². The number of halogens is 1. The minimum absolute atomic E-state index is 0.283. The van der Waals surface area contributed by atoms with Gasteiger partial charge < -0.3 is 9.84 Å². The lowest BCUT2D eigenvalue weighted by Gasteiger charge is -2.36. The molecule has 0 amide bonds. The van der Waals surface area contributed by atoms with Crippen molar-refractivity contribution < 1.29 is 18.0 Å². The zero-order chi connectivity index (χ0) is 24.5. The monoisotopic (exact) mass is 482 g/mol. The molecule has 0 bridgehead atoms. The summed E-state index contributed by atoms with van der Waals surface area (Å²) in [7, 11) is -1.05. The van der Waals surface area contributed by atoms with Gasteiger partial charge in [0.2, 0.25) is 0 Å². The van der Waals surface area contributed by atoms with E-state index in [1.54, 1.807) is 63.5 Å². The Kier molecular flexibility index (Phi) is 6.81. The summed E-state index contributed by atoms with van der Waals surface area (Å²) in [5.41, 5.74) is 4.05. The van der Waals surface area contributed by atoms with Crippen LogP contribution in [0.15, 0.2) is 64.1 Å². The number of rotatable bonds is 7. The second-order valence-electron chi connectivity index (χ2n) is 8.28. The van der Waals surface area contributed by atoms with Crippen LogP contribution in [-0.2, 0) is 6.54 Å². The third kappa shape index (κ3) is 4.74. The molecule has 0 atom stereocenters. The van der Waals surface area contributed by atoms with E-state index in [2.05, 4.69) is 15.5 Å². The number of aryl methyl sites for hydroxylation is 1. The lowest BCUT2D eigenvalue weighted by atomic mass is 10.1. The predicted molar refractivity (Wildman–Crippen MR) is 132 cm³/mol. The molecular formula is C25H27FN4O3S. The van der Waals surface area contributed by atoms with E-state index < -0.39 is 10.6 Å². The summed E-state index contributed by atoms with van der Waals surface area (Å²) in [6, 6.07) is 13.6. The van der Waals surface area contributed by atoms with Crippen LogP contribution < -0.4 is 5.32 Å². The predicted octanol–water partition coefficient (Wildman–Crippen LogP) is 6.15. The second kappa shape index (κ2) is 9.63. The Morgan fingerprint density at radius 3 is 2.44 bits per heavy atom. The van der Waals surface area contributed by atoms with Gasteiger partial charge in [0, 0.05) is 29.0 Å². The summed E-state index contributed by atoms with van der Waals surface area (Å²) in [6.45, 7) is 5.92. The van der Waals surface area contributed by atoms with Crippen LogP contribution in [0.3, 0.4) is 0 Å². The van der Waals surface area contributed by atoms with Crippen molar-refractivity contribution in [1.29, 1.82) is 0 Å². The summed E-state index contributed by atoms with van der Waals surface area (Å²) in [5.74, 6) is 0.00257. The number of hydrogen-bond donors (Lipinski definition) is 3. The first-order chi connectivity index (χ1) is 16.2. The summed E-state index contributed by atoms with van der Waals surface area (Å²) in [5, 5.41) is 6.76. The molecule has 2 aromatic carbocycles. The fraction of sp³-hybridized carbons (Fsp3) is 0.240. The lowest BCUT2D eigenvalue weighted by molar-refractivity contribution is 0.432. The summed E-state index contributed by atoms with van der Waals surface area (Å²) < 4.78 is 40.9. The number of nitrogens with zero attached hydrogens (tertiary/aromatic N) is 3. The molecule has 4 aromatic rings. The molecule has 2 heterocycles. The number of benzene rings is 2. The topological polar surface area (TPSA) is 104 Å². The molecule has 0 saturated carbocycles. The van der Waals surface area contributed by atoms with E-state index in [4.69, 9.17) is 9.51 Å². The van der Waals surface area contributed by atoms with Crippen molar-refractivity contribution in [3.05, 3.63) is 71.8 Å². The van der Waals surface area contributed by atoms with Crippen molar-refractivity contribution in [2.75, 3.05) is 7.05 Å². The van der Waals surface area contributed by atoms with Gasteiger partial charge in [-0.3, -0.25) is 14.1 Å². The van der Waals surface area contributed by atoms with Crippen LogP contribution in [0.2, 0.25) is 0 Å². The van der Waals surface area contributed by atoms with Crippen molar-refractivity contribution >= 4 is 10.6 Å². The number of nitrogens with one attached hydrogen (secondary N) is 1. The van der Waals surface area contributed by atoms with Gasteiger partial charge in [0.1, 0.15) is 17.2 Å². The maximum absolute atomic E-state index is 14.6. The molecule has 0 saturated heterocycles. The van der Waals surface area contributed by atoms with E-state index >= 15 is 0 Å². The van der Waals surface area contributed by atoms with Gasteiger partial charge in [-0.1, -0.05) is 23.4 Å². The average molecular weight is 483 g/mol. The Morgan fingerprint density at radius 2 is 1.79 bits per heavy atom. The van der Waals surface area contributed by atoms with Crippen LogP contribution in [-0.4, -0.2) is 36.5 Å². The van der Waals surface area contributed by atoms with Gasteiger partial charge in [0.05, 0.1) is 22.5 Å². The van der Waals surface area contributed by atoms with Crippen molar-refractivity contribution in [3.63, 3.8) is 0 Å². The molecule has 34 heavy (non-hydrogen) atoms. The highest BCUT2D eigenvalue weighted by Gasteiger charge is 2.21. The fourth-order valence-corrected chi connectivity index (χ4v) is 4.60. The van der Waals surface area contributed by atoms with Crippen molar-refractivity contribution in [3.8, 4) is 34.0 Å². The van der Waals surface area contributed by atoms with Gasteiger partial charge in [0.25, 0.3) is 0 Å². The quantitative estimate of drug-likeness (QED) is 0.290. The Morgan fingerprint density at radius 1 is 1.06 bits per heavy atom. The molecule has 178 valence electrons. The van der Waals surface area contributed by atoms with Gasteiger partial charge in [-0.25, -0.2) is 9.37 Å². The van der Waals surface area contributed by atoms with Gasteiger partial charge in [0.15, 0.2) is 5.76 Å². The van der Waals surface area contributed by atoms with E-state index in [9.17, 15) is 13.5 Å². The van der Waals surface area contributed by atoms with Crippen LogP contribution in [0.25, 0.3) is 34.0 Å². The molecule has 4 rings (SSSR count). The molecule has 3 N–H and O–H groups in total. The molecule has 9 heteroatoms. The molecular weight excluding hydrogens is 455 g/mol. The highest BCUT2D eigenvalue weighted by atomic mass is 32.3. The molecule has 0 spiro atoms. The van der Waals surface area contributed by atoms with Crippen LogP contribution >= 0.6 is 10.6 Å². The van der Waals surface area contributed by atoms with Crippen molar-refractivity contribution in [1.82, 2.24) is 20.4 Å². The van der Waals surface area contributed by atoms with Crippen molar-refractivity contribution in [2.45, 2.75) is 37.5 Å². The molecule has 0 aliphatic carbocycles. The van der Waals surface area contributed by atoms with E-state index in [-0.39, 0.29) is 11.1 Å². The van der Waals surface area contributed by atoms with E-state index in [0.29, 0.717) is 45.5 Å². The molecule has 2 aromatic heterocycles. The van der Waals surface area contributed by atoms with Crippen LogP contribution in [0.5, 0.6) is 0 Å². The summed E-state index contributed by atoms with van der Waals surface area (Å²) >= 11 is 0. The highest BCUT2D eigenvalue weighted by Crippen LogP contribution is 2.52.